The summed E-state index contributed by atoms with van der Waals surface area (Å²) in [7, 11) is 0. The van der Waals surface area contributed by atoms with E-state index >= 15 is 0 Å². The van der Waals surface area contributed by atoms with Gasteiger partial charge in [-0.15, -0.1) is 0 Å². The third-order valence-electron chi connectivity index (χ3n) is 4.44. The van der Waals surface area contributed by atoms with E-state index in [0.29, 0.717) is 12.8 Å². The maximum absolute atomic E-state index is 5.47. The first-order valence-electron chi connectivity index (χ1n) is 7.57. The van der Waals surface area contributed by atoms with E-state index in [1.807, 2.05) is 0 Å². The van der Waals surface area contributed by atoms with Crippen molar-refractivity contribution in [2.24, 2.45) is 5.92 Å². The molecule has 1 aromatic rings. The molecule has 2 atom stereocenters. The van der Waals surface area contributed by atoms with E-state index in [-0.39, 0.29) is 0 Å². The molecule has 0 amide bonds. The lowest BCUT2D eigenvalue weighted by Crippen LogP contribution is -2.33. The average molecular weight is 340 g/mol. The van der Waals surface area contributed by atoms with Crippen LogP contribution in [0.5, 0.6) is 11.5 Å². The summed E-state index contributed by atoms with van der Waals surface area (Å²) in [6, 6.07) is 4.87. The zero-order valence-electron chi connectivity index (χ0n) is 12.0. The smallest absolute Gasteiger partial charge is 0.231 e. The van der Waals surface area contributed by atoms with Crippen LogP contribution in [-0.4, -0.2) is 12.8 Å². The van der Waals surface area contributed by atoms with Crippen molar-refractivity contribution >= 4 is 15.9 Å². The van der Waals surface area contributed by atoms with Gasteiger partial charge in [0.15, 0.2) is 11.5 Å². The van der Waals surface area contributed by atoms with Crippen LogP contribution in [0.2, 0.25) is 0 Å². The van der Waals surface area contributed by atoms with Crippen LogP contribution in [0.25, 0.3) is 0 Å². The molecule has 0 bridgehead atoms. The molecule has 1 N–H and O–H groups in total. The van der Waals surface area contributed by atoms with Crippen molar-refractivity contribution in [1.82, 2.24) is 5.32 Å². The van der Waals surface area contributed by atoms with Crippen LogP contribution in [0.3, 0.4) is 0 Å². The number of benzene rings is 1. The van der Waals surface area contributed by atoms with E-state index in [1.165, 1.54) is 37.7 Å². The van der Waals surface area contributed by atoms with Gasteiger partial charge in [-0.1, -0.05) is 26.2 Å². The fourth-order valence-electron chi connectivity index (χ4n) is 3.23. The highest BCUT2D eigenvalue weighted by molar-refractivity contribution is 9.10. The van der Waals surface area contributed by atoms with Gasteiger partial charge in [-0.25, -0.2) is 0 Å². The van der Waals surface area contributed by atoms with Gasteiger partial charge >= 0.3 is 0 Å². The van der Waals surface area contributed by atoms with E-state index < -0.39 is 0 Å². The third-order valence-corrected chi connectivity index (χ3v) is 5.03. The lowest BCUT2D eigenvalue weighted by molar-refractivity contribution is 0.173. The Morgan fingerprint density at radius 3 is 3.05 bits per heavy atom. The second kappa shape index (κ2) is 6.35. The number of rotatable bonds is 4. The Morgan fingerprint density at radius 1 is 1.30 bits per heavy atom. The molecule has 2 unspecified atom stereocenters. The number of nitrogens with one attached hydrogen (secondary N) is 1. The van der Waals surface area contributed by atoms with Crippen molar-refractivity contribution in [3.63, 3.8) is 0 Å². The molecule has 1 aliphatic heterocycles. The monoisotopic (exact) mass is 339 g/mol. The number of hydrogen-bond acceptors (Lipinski definition) is 3. The summed E-state index contributed by atoms with van der Waals surface area (Å²) in [5, 5.41) is 3.70. The molecule has 3 nitrogen and oxygen atoms in total. The van der Waals surface area contributed by atoms with Gasteiger partial charge in [0, 0.05) is 12.6 Å². The molecule has 1 heterocycles. The Hall–Kier alpha value is -0.740. The summed E-state index contributed by atoms with van der Waals surface area (Å²) in [5.41, 5.74) is 1.25. The first-order chi connectivity index (χ1) is 9.76. The third kappa shape index (κ3) is 3.12. The van der Waals surface area contributed by atoms with E-state index in [9.17, 15) is 0 Å². The molecule has 1 aromatic carbocycles. The van der Waals surface area contributed by atoms with Crippen LogP contribution in [0.1, 0.15) is 44.6 Å². The van der Waals surface area contributed by atoms with E-state index in [0.717, 1.165) is 28.4 Å². The molecule has 0 aromatic heterocycles. The molecular weight excluding hydrogens is 318 g/mol. The first-order valence-corrected chi connectivity index (χ1v) is 8.37. The number of ether oxygens (including phenoxy) is 2. The predicted molar refractivity (Wildman–Crippen MR) is 83.1 cm³/mol. The van der Waals surface area contributed by atoms with Gasteiger partial charge < -0.3 is 14.8 Å². The Kier molecular flexibility index (Phi) is 4.51. The second-order valence-corrected chi connectivity index (χ2v) is 6.68. The van der Waals surface area contributed by atoms with Crippen molar-refractivity contribution < 1.29 is 9.47 Å². The quantitative estimate of drug-likeness (QED) is 0.889. The maximum atomic E-state index is 5.47. The largest absolute Gasteiger partial charge is 0.454 e. The average Bonchev–Trinajstić information content (AvgIpc) is 2.94. The highest BCUT2D eigenvalue weighted by Gasteiger charge is 2.21. The fraction of sp³-hybridized carbons (Fsp3) is 0.625. The zero-order valence-corrected chi connectivity index (χ0v) is 13.5. The summed E-state index contributed by atoms with van der Waals surface area (Å²) < 4.78 is 11.9. The fourth-order valence-corrected chi connectivity index (χ4v) is 3.84. The van der Waals surface area contributed by atoms with Gasteiger partial charge in [0.2, 0.25) is 6.79 Å². The lowest BCUT2D eigenvalue weighted by Gasteiger charge is -2.29. The van der Waals surface area contributed by atoms with Crippen LogP contribution in [-0.2, 0) is 6.54 Å². The van der Waals surface area contributed by atoms with Gasteiger partial charge in [0.25, 0.3) is 0 Å². The van der Waals surface area contributed by atoms with Crippen molar-refractivity contribution in [3.05, 3.63) is 22.2 Å². The van der Waals surface area contributed by atoms with Crippen LogP contribution in [0, 0.1) is 5.92 Å². The summed E-state index contributed by atoms with van der Waals surface area (Å²) in [4.78, 5) is 0. The number of halogens is 1. The molecular formula is C16H22BrNO2. The minimum atomic E-state index is 0.325. The zero-order chi connectivity index (χ0) is 13.9. The molecule has 3 rings (SSSR count). The Morgan fingerprint density at radius 2 is 2.20 bits per heavy atom. The van der Waals surface area contributed by atoms with Crippen LogP contribution in [0.4, 0.5) is 0 Å². The highest BCUT2D eigenvalue weighted by atomic mass is 79.9. The van der Waals surface area contributed by atoms with Crippen molar-refractivity contribution in [1.29, 1.82) is 0 Å². The molecule has 110 valence electrons. The van der Waals surface area contributed by atoms with Crippen molar-refractivity contribution in [3.8, 4) is 11.5 Å². The Balaban J connectivity index is 1.60. The molecule has 2 aliphatic rings. The highest BCUT2D eigenvalue weighted by Crippen LogP contribution is 2.40. The number of hydrogen-bond donors (Lipinski definition) is 1. The van der Waals surface area contributed by atoms with Crippen LogP contribution >= 0.6 is 15.9 Å². The molecule has 20 heavy (non-hydrogen) atoms. The molecule has 0 radical (unpaired) electrons. The summed E-state index contributed by atoms with van der Waals surface area (Å²) in [6.07, 6.45) is 6.71. The summed E-state index contributed by atoms with van der Waals surface area (Å²) in [5.74, 6) is 2.59. The molecule has 1 saturated carbocycles. The van der Waals surface area contributed by atoms with E-state index in [4.69, 9.17) is 9.47 Å². The minimum absolute atomic E-state index is 0.325. The van der Waals surface area contributed by atoms with Gasteiger partial charge in [0.05, 0.1) is 4.47 Å². The maximum Gasteiger partial charge on any atom is 0.231 e. The van der Waals surface area contributed by atoms with Crippen molar-refractivity contribution in [2.45, 2.75) is 51.6 Å². The standard InChI is InChI=1S/C16H22BrNO2/c1-2-11-4-3-5-13(6-11)18-9-12-7-14(17)16-15(8-12)19-10-20-16/h7-8,11,13,18H,2-6,9-10H2,1H3. The van der Waals surface area contributed by atoms with E-state index in [2.05, 4.69) is 40.3 Å². The van der Waals surface area contributed by atoms with Crippen molar-refractivity contribution in [2.75, 3.05) is 6.79 Å². The van der Waals surface area contributed by atoms with Gasteiger partial charge in [-0.2, -0.15) is 0 Å². The van der Waals surface area contributed by atoms with Gasteiger partial charge in [-0.3, -0.25) is 0 Å². The Labute approximate surface area is 129 Å². The number of fused-ring (bicyclic) bond motifs is 1. The minimum Gasteiger partial charge on any atom is -0.454 e. The molecule has 1 aliphatic carbocycles. The molecule has 0 spiro atoms. The van der Waals surface area contributed by atoms with Gasteiger partial charge in [-0.05, 0) is 52.4 Å². The second-order valence-electron chi connectivity index (χ2n) is 5.83. The topological polar surface area (TPSA) is 30.5 Å². The summed E-state index contributed by atoms with van der Waals surface area (Å²) in [6.45, 7) is 3.53. The molecule has 4 heteroatoms. The summed E-state index contributed by atoms with van der Waals surface area (Å²) >= 11 is 3.55. The van der Waals surface area contributed by atoms with Crippen LogP contribution < -0.4 is 14.8 Å². The SMILES string of the molecule is CCC1CCCC(NCc2cc(Br)c3c(c2)OCO3)C1. The molecule has 0 saturated heterocycles. The van der Waals surface area contributed by atoms with Gasteiger partial charge in [0.1, 0.15) is 0 Å². The Bertz CT molecular complexity index is 478. The predicted octanol–water partition coefficient (Wildman–Crippen LogP) is 4.24. The first kappa shape index (κ1) is 14.2. The van der Waals surface area contributed by atoms with E-state index in [1.54, 1.807) is 0 Å². The lowest BCUT2D eigenvalue weighted by atomic mass is 9.84. The normalized spacial score (nSPS) is 24.9. The van der Waals surface area contributed by atoms with Crippen LogP contribution in [0.15, 0.2) is 16.6 Å². The molecule has 1 fully saturated rings.